The number of carbonyl (C=O) groups excluding carboxylic acids is 2. The van der Waals surface area contributed by atoms with Crippen molar-refractivity contribution < 1.29 is 43.2 Å². The highest BCUT2D eigenvalue weighted by Crippen LogP contribution is 2.40. The van der Waals surface area contributed by atoms with Crippen molar-refractivity contribution in [3.8, 4) is 11.5 Å². The van der Waals surface area contributed by atoms with Crippen LogP contribution in [0.3, 0.4) is 0 Å². The van der Waals surface area contributed by atoms with Crippen LogP contribution in [0.5, 0.6) is 11.5 Å². The van der Waals surface area contributed by atoms with Crippen LogP contribution in [0, 0.1) is 15.5 Å². The number of ether oxygens (including phenoxy) is 5. The van der Waals surface area contributed by atoms with Crippen LogP contribution in [0.15, 0.2) is 42.5 Å². The van der Waals surface area contributed by atoms with Crippen molar-refractivity contribution in [3.63, 3.8) is 0 Å². The van der Waals surface area contributed by atoms with Crippen molar-refractivity contribution in [2.24, 2.45) is 5.41 Å². The Balaban J connectivity index is 1.60. The zero-order chi connectivity index (χ0) is 37.2. The molecule has 0 unspecified atom stereocenters. The van der Waals surface area contributed by atoms with E-state index in [9.17, 15) is 19.7 Å². The molecule has 2 aromatic rings. The van der Waals surface area contributed by atoms with Gasteiger partial charge < -0.3 is 43.6 Å². The van der Waals surface area contributed by atoms with E-state index in [0.29, 0.717) is 32.7 Å². The van der Waals surface area contributed by atoms with Gasteiger partial charge in [0.25, 0.3) is 5.09 Å². The quantitative estimate of drug-likeness (QED) is 0.136. The summed E-state index contributed by atoms with van der Waals surface area (Å²) in [5.74, 6) is 1.14. The van der Waals surface area contributed by atoms with E-state index in [2.05, 4.69) is 21.1 Å². The maximum atomic E-state index is 13.8. The Kier molecular flexibility index (Phi) is 13.8. The molecule has 2 aliphatic rings. The monoisotopic (exact) mass is 714 g/mol. The highest BCUT2D eigenvalue weighted by Gasteiger charge is 2.44. The van der Waals surface area contributed by atoms with E-state index in [-0.39, 0.29) is 37.6 Å². The Bertz CT molecular complexity index is 1460. The average molecular weight is 715 g/mol. The van der Waals surface area contributed by atoms with E-state index in [1.165, 1.54) is 0 Å². The number of rotatable bonds is 16. The van der Waals surface area contributed by atoms with Crippen LogP contribution >= 0.6 is 0 Å². The summed E-state index contributed by atoms with van der Waals surface area (Å²) in [6.45, 7) is 12.3. The fourth-order valence-electron chi connectivity index (χ4n) is 6.60. The highest BCUT2D eigenvalue weighted by molar-refractivity contribution is 5.82. The van der Waals surface area contributed by atoms with Gasteiger partial charge in [-0.1, -0.05) is 32.0 Å². The smallest absolute Gasteiger partial charge is 0.410 e. The summed E-state index contributed by atoms with van der Waals surface area (Å²) in [6.07, 6.45) is 0.837. The number of nitrogens with one attached hydrogen (secondary N) is 1. The Morgan fingerprint density at radius 2 is 1.80 bits per heavy atom. The summed E-state index contributed by atoms with van der Waals surface area (Å²) >= 11 is 0. The predicted molar refractivity (Wildman–Crippen MR) is 191 cm³/mol. The van der Waals surface area contributed by atoms with E-state index < -0.39 is 28.3 Å². The molecule has 1 N–H and O–H groups in total. The number of hydrogen-bond donors (Lipinski definition) is 1. The molecule has 2 aromatic carbocycles. The second-order valence-corrected chi connectivity index (χ2v) is 14.6. The normalized spacial score (nSPS) is 19.1. The number of amides is 2. The van der Waals surface area contributed by atoms with E-state index in [1.54, 1.807) is 33.0 Å². The lowest BCUT2D eigenvalue weighted by Gasteiger charge is -2.46. The van der Waals surface area contributed by atoms with Gasteiger partial charge in [0.1, 0.15) is 30.3 Å². The summed E-state index contributed by atoms with van der Waals surface area (Å²) in [6, 6.07) is 13.6. The van der Waals surface area contributed by atoms with Gasteiger partial charge in [0.15, 0.2) is 0 Å². The zero-order valence-corrected chi connectivity index (χ0v) is 31.0. The first kappa shape index (κ1) is 39.5. The molecule has 1 saturated heterocycles. The minimum atomic E-state index is -0.933. The lowest BCUT2D eigenvalue weighted by atomic mass is 9.76. The summed E-state index contributed by atoms with van der Waals surface area (Å²) in [4.78, 5) is 46.0. The number of piperidine rings is 1. The predicted octanol–water partition coefficient (Wildman–Crippen LogP) is 5.35. The van der Waals surface area contributed by atoms with Gasteiger partial charge in [0, 0.05) is 44.2 Å². The number of hydrogen-bond acceptors (Lipinski definition) is 11. The molecule has 0 spiro atoms. The van der Waals surface area contributed by atoms with Crippen molar-refractivity contribution in [2.45, 2.75) is 84.2 Å². The van der Waals surface area contributed by atoms with E-state index >= 15 is 0 Å². The summed E-state index contributed by atoms with van der Waals surface area (Å²) in [5.41, 5.74) is 1.36. The molecule has 0 saturated carbocycles. The van der Waals surface area contributed by atoms with Gasteiger partial charge in [0.2, 0.25) is 5.91 Å². The summed E-state index contributed by atoms with van der Waals surface area (Å²) in [7, 11) is 3.33. The third-order valence-electron chi connectivity index (χ3n) is 9.13. The second-order valence-electron chi connectivity index (χ2n) is 14.6. The number of methoxy groups -OCH3 is 2. The standard InChI is InChI=1S/C37H54N4O10/c1-36(2,3)51-35(43)40-24-33(49-25-26-9-14-32-31(21-26)39(17-20-48-32)16-8-18-46-6)30(27-10-12-29(47-7)13-11-27)22-28(40)23-37(4,5)34(42)38-15-19-50-41(44)45/h9-14,21,28,30,33H,8,15-20,22-25H2,1-7H3,(H,38,42)/t28-,30+,33-/m0/s1. The Labute approximate surface area is 300 Å². The molecule has 3 atom stereocenters. The first-order valence-corrected chi connectivity index (χ1v) is 17.5. The average Bonchev–Trinajstić information content (AvgIpc) is 3.08. The maximum Gasteiger partial charge on any atom is 0.410 e. The molecule has 282 valence electrons. The molecule has 0 bridgehead atoms. The van der Waals surface area contributed by atoms with Crippen LogP contribution in [0.1, 0.15) is 70.9 Å². The molecule has 51 heavy (non-hydrogen) atoms. The van der Waals surface area contributed by atoms with Gasteiger partial charge in [-0.3, -0.25) is 4.79 Å². The second kappa shape index (κ2) is 17.8. The highest BCUT2D eigenvalue weighted by atomic mass is 16.9. The molecule has 0 aromatic heterocycles. The maximum absolute atomic E-state index is 13.8. The number of fused-ring (bicyclic) bond motifs is 1. The van der Waals surface area contributed by atoms with Gasteiger partial charge >= 0.3 is 6.09 Å². The van der Waals surface area contributed by atoms with Crippen molar-refractivity contribution in [2.75, 3.05) is 65.1 Å². The van der Waals surface area contributed by atoms with Crippen molar-refractivity contribution in [1.82, 2.24) is 10.2 Å². The van der Waals surface area contributed by atoms with E-state index in [4.69, 9.17) is 23.7 Å². The van der Waals surface area contributed by atoms with Crippen molar-refractivity contribution in [3.05, 3.63) is 63.7 Å². The number of anilines is 1. The minimum absolute atomic E-state index is 0.0200. The van der Waals surface area contributed by atoms with Gasteiger partial charge in [-0.25, -0.2) is 4.79 Å². The van der Waals surface area contributed by atoms with Crippen LogP contribution in [-0.2, 0) is 30.4 Å². The van der Waals surface area contributed by atoms with E-state index in [1.807, 2.05) is 57.2 Å². The molecule has 2 amide bonds. The fourth-order valence-corrected chi connectivity index (χ4v) is 6.60. The van der Waals surface area contributed by atoms with Gasteiger partial charge in [-0.15, -0.1) is 10.1 Å². The van der Waals surface area contributed by atoms with Crippen LogP contribution < -0.4 is 19.7 Å². The summed E-state index contributed by atoms with van der Waals surface area (Å²) < 4.78 is 29.3. The topological polar surface area (TPSA) is 151 Å². The molecular formula is C37H54N4O10. The van der Waals surface area contributed by atoms with Gasteiger partial charge in [-0.2, -0.15) is 0 Å². The summed E-state index contributed by atoms with van der Waals surface area (Å²) in [5, 5.41) is 12.4. The van der Waals surface area contributed by atoms with Crippen LogP contribution in [0.4, 0.5) is 10.5 Å². The lowest BCUT2D eigenvalue weighted by Crippen LogP contribution is -2.55. The Morgan fingerprint density at radius 3 is 2.47 bits per heavy atom. The van der Waals surface area contributed by atoms with Crippen LogP contribution in [0.25, 0.3) is 0 Å². The number of nitrogens with zero attached hydrogens (tertiary/aromatic N) is 3. The fraction of sp³-hybridized carbons (Fsp3) is 0.622. The lowest BCUT2D eigenvalue weighted by molar-refractivity contribution is -0.757. The molecule has 14 heteroatoms. The molecule has 0 aliphatic carbocycles. The minimum Gasteiger partial charge on any atom is -0.497 e. The Hall–Kier alpha value is -4.30. The SMILES string of the molecule is COCCCN1CCOc2ccc(CO[C@H]3CN(C(=O)OC(C)(C)C)[C@H](CC(C)(C)C(=O)NCCO[N+](=O)[O-])C[C@@H]3c3ccc(OC)cc3)cc21. The van der Waals surface area contributed by atoms with Crippen molar-refractivity contribution in [1.29, 1.82) is 0 Å². The van der Waals surface area contributed by atoms with E-state index in [0.717, 1.165) is 47.8 Å². The largest absolute Gasteiger partial charge is 0.497 e. The van der Waals surface area contributed by atoms with Crippen LogP contribution in [0.2, 0.25) is 0 Å². The molecular weight excluding hydrogens is 660 g/mol. The third-order valence-corrected chi connectivity index (χ3v) is 9.13. The first-order chi connectivity index (χ1) is 24.2. The number of carbonyl (C=O) groups is 2. The molecule has 2 aliphatic heterocycles. The van der Waals surface area contributed by atoms with Crippen LogP contribution in [-0.4, -0.2) is 100.0 Å². The number of benzene rings is 2. The first-order valence-electron chi connectivity index (χ1n) is 17.5. The molecule has 2 heterocycles. The van der Waals surface area contributed by atoms with Crippen molar-refractivity contribution >= 4 is 17.7 Å². The number of likely N-dealkylation sites (tertiary alicyclic amines) is 1. The molecule has 14 nitrogen and oxygen atoms in total. The molecule has 4 rings (SSSR count). The Morgan fingerprint density at radius 1 is 1.06 bits per heavy atom. The molecule has 0 radical (unpaired) electrons. The van der Waals surface area contributed by atoms with Gasteiger partial charge in [0.05, 0.1) is 38.6 Å². The molecule has 1 fully saturated rings. The zero-order valence-electron chi connectivity index (χ0n) is 31.0. The van der Waals surface area contributed by atoms with Gasteiger partial charge in [-0.05, 0) is 75.4 Å². The third kappa shape index (κ3) is 11.3.